The van der Waals surface area contributed by atoms with Crippen molar-refractivity contribution in [3.63, 3.8) is 0 Å². The van der Waals surface area contributed by atoms with Gasteiger partial charge in [0.25, 0.3) is 6.47 Å². The second-order valence-electron chi connectivity index (χ2n) is 34.5. The number of amides is 12. The van der Waals surface area contributed by atoms with Gasteiger partial charge in [-0.2, -0.15) is 0 Å². The van der Waals surface area contributed by atoms with Gasteiger partial charge in [0.15, 0.2) is 23.1 Å². The number of carbonyl (C=O) groups is 16. The summed E-state index contributed by atoms with van der Waals surface area (Å²) in [5.74, 6) is -16.1. The fourth-order valence-electron chi connectivity index (χ4n) is 15.9. The molecule has 714 valence electrons. The van der Waals surface area contributed by atoms with Gasteiger partial charge in [-0.3, -0.25) is 76.7 Å². The van der Waals surface area contributed by atoms with Crippen molar-refractivity contribution >= 4 is 117 Å². The van der Waals surface area contributed by atoms with E-state index in [0.717, 1.165) is 26.5 Å². The first kappa shape index (κ1) is 105. The van der Waals surface area contributed by atoms with Gasteiger partial charge in [-0.15, -0.1) is 11.8 Å². The molecule has 1 aromatic heterocycles. The molecule has 7 aromatic rings. The Bertz CT molecular complexity index is 5190. The number of thioether (sulfide) groups is 1. The number of aromatic amines is 1. The van der Waals surface area contributed by atoms with Crippen molar-refractivity contribution in [3.05, 3.63) is 191 Å². The highest BCUT2D eigenvalue weighted by atomic mass is 32.2. The molecule has 2 heterocycles. The highest BCUT2D eigenvalue weighted by Crippen LogP contribution is 2.31. The Morgan fingerprint density at radius 2 is 1.02 bits per heavy atom. The molecule has 6 aromatic carbocycles. The van der Waals surface area contributed by atoms with Gasteiger partial charge in [0.1, 0.15) is 72.2 Å². The summed E-state index contributed by atoms with van der Waals surface area (Å²) < 4.78 is 16.3. The van der Waals surface area contributed by atoms with Crippen LogP contribution >= 0.6 is 11.8 Å². The van der Waals surface area contributed by atoms with Crippen molar-refractivity contribution in [2.45, 2.75) is 179 Å². The lowest BCUT2D eigenvalue weighted by Crippen LogP contribution is -2.59. The molecule has 0 spiro atoms. The number of phenols is 2. The molecule has 133 heavy (non-hydrogen) atoms. The maximum absolute atomic E-state index is 15.7. The Hall–Kier alpha value is -13.5. The minimum atomic E-state index is -1.59. The molecule has 1 fully saturated rings. The lowest BCUT2D eigenvalue weighted by atomic mass is 9.84. The number of carbonyl (C=O) groups excluding carboxylic acids is 16. The van der Waals surface area contributed by atoms with E-state index in [2.05, 4.69) is 36.9 Å². The third-order valence-corrected chi connectivity index (χ3v) is 24.6. The average Bonchev–Trinajstić information content (AvgIpc) is 1.79. The number of nitrogens with two attached hydrogens (primary N) is 1. The Morgan fingerprint density at radius 3 is 1.61 bits per heavy atom. The van der Waals surface area contributed by atoms with Crippen LogP contribution in [0.3, 0.4) is 0 Å². The number of likely N-dealkylation sites (N-methyl/N-ethyl adjacent to an activating group) is 5. The molecule has 1 aliphatic heterocycles. The van der Waals surface area contributed by atoms with E-state index in [1.807, 2.05) is 6.92 Å². The second kappa shape index (κ2) is 51.4. The van der Waals surface area contributed by atoms with Crippen LogP contribution in [0, 0.1) is 23.7 Å². The number of nitrogens with zero attached hydrogens (tertiary/aromatic N) is 5. The number of aromatic hydroxyl groups is 2. The number of ether oxygens (including phenoxy) is 3. The van der Waals surface area contributed by atoms with E-state index in [-0.39, 0.29) is 86.8 Å². The fourth-order valence-corrected chi connectivity index (χ4v) is 16.8. The van der Waals surface area contributed by atoms with Crippen LogP contribution < -0.4 is 47.1 Å². The predicted octanol–water partition coefficient (Wildman–Crippen LogP) is 5.46. The third kappa shape index (κ3) is 31.4. The fraction of sp³-hybridized carbons (Fsp3) is 0.449. The number of aromatic nitrogens is 1. The number of fused-ring (bicyclic) bond motifs is 1. The Morgan fingerprint density at radius 1 is 0.511 bits per heavy atom. The van der Waals surface area contributed by atoms with Gasteiger partial charge in [-0.25, -0.2) is 0 Å². The standard InChI is InChI=1S/C98H125N13O21S/c1-13-14-29-80-97(128)107(6)53-70(115)49-67(55-132-58-112)84(117)51-72(60(4)5)94(125)110(9)81(46-61-23-17-15-18-24-61)93(124)105-77(44-64-32-37-69(114)38-33-64)95(126)108(7)54-88(119)101-76(50-66-52-100-73-28-22-21-27-71(66)73)92(123)104-75(43-63-30-35-68(113)36-31-63)91(122)103-74(42-59(2)3)90(121)106-79(83(116)39-41-87(99)118)56-133-57-89(120)102-78(45-65-34-40-85(130-11)86(48-65)131-12)96(127)111(10)82(98(129)109(80)8)47-62-25-19-16-20-26-62/h15-28,30-38,40,48,52,58-60,67,72,74-82,100,113-114H,13-14,29,39,41-47,49-51,53-57H2,1-12H3,(H2,99,118)(H,101,119)(H,102,120)(H,103,122)(H,104,123)(H,105,124)(H,106,121)/t67-,72-,74-,75-,76-,77-,78-,79-,80-,81-,82-/m0/s1. The van der Waals surface area contributed by atoms with Crippen LogP contribution in [0.5, 0.6) is 23.0 Å². The molecule has 0 saturated carbocycles. The van der Waals surface area contributed by atoms with Gasteiger partial charge in [-0.05, 0) is 101 Å². The molecule has 12 amide bonds. The number of ketones is 3. The summed E-state index contributed by atoms with van der Waals surface area (Å²) in [5, 5.41) is 38.2. The van der Waals surface area contributed by atoms with Crippen LogP contribution in [0.1, 0.15) is 119 Å². The lowest BCUT2D eigenvalue weighted by molar-refractivity contribution is -0.151. The van der Waals surface area contributed by atoms with Crippen LogP contribution in [-0.2, 0) is 120 Å². The highest BCUT2D eigenvalue weighted by Gasteiger charge is 2.43. The summed E-state index contributed by atoms with van der Waals surface area (Å²) in [7, 11) is 9.60. The first-order valence-electron chi connectivity index (χ1n) is 44.4. The number of hydrogen-bond donors (Lipinski definition) is 10. The molecule has 11 N–H and O–H groups in total. The van der Waals surface area contributed by atoms with Crippen LogP contribution in [-0.4, -0.2) is 269 Å². The van der Waals surface area contributed by atoms with Crippen LogP contribution in [0.2, 0.25) is 0 Å². The van der Waals surface area contributed by atoms with E-state index in [9.17, 15) is 43.8 Å². The lowest BCUT2D eigenvalue weighted by Gasteiger charge is -2.37. The Labute approximate surface area is 779 Å². The summed E-state index contributed by atoms with van der Waals surface area (Å²) in [6, 6.07) is 27.5. The number of rotatable bonds is 27. The van der Waals surface area contributed by atoms with Crippen molar-refractivity contribution in [1.29, 1.82) is 0 Å². The van der Waals surface area contributed by atoms with Gasteiger partial charge in [0.05, 0.1) is 45.0 Å². The van der Waals surface area contributed by atoms with Gasteiger partial charge in [0, 0.05) is 128 Å². The average molecular weight is 1850 g/mol. The van der Waals surface area contributed by atoms with Crippen LogP contribution in [0.15, 0.2) is 158 Å². The molecule has 8 rings (SSSR count). The van der Waals surface area contributed by atoms with E-state index in [1.165, 1.54) is 108 Å². The number of nitrogens with one attached hydrogen (secondary N) is 7. The number of H-pyrrole nitrogens is 1. The maximum Gasteiger partial charge on any atom is 0.293 e. The smallest absolute Gasteiger partial charge is 0.293 e. The monoisotopic (exact) mass is 1850 g/mol. The van der Waals surface area contributed by atoms with E-state index in [0.29, 0.717) is 62.9 Å². The second-order valence-corrected chi connectivity index (χ2v) is 35.5. The van der Waals surface area contributed by atoms with Crippen LogP contribution in [0.4, 0.5) is 0 Å². The predicted molar refractivity (Wildman–Crippen MR) is 499 cm³/mol. The van der Waals surface area contributed by atoms with Gasteiger partial charge in [-0.1, -0.05) is 157 Å². The molecular weight excluding hydrogens is 1730 g/mol. The molecule has 35 heteroatoms. The molecule has 0 aliphatic carbocycles. The molecular formula is C98H125N13O21S. The highest BCUT2D eigenvalue weighted by molar-refractivity contribution is 8.00. The maximum atomic E-state index is 15.7. The number of phenolic OH excluding ortho intramolecular Hbond substituents is 2. The Kier molecular flexibility index (Phi) is 40.5. The van der Waals surface area contributed by atoms with Crippen molar-refractivity contribution < 1.29 is 101 Å². The Balaban J connectivity index is 1.23. The van der Waals surface area contributed by atoms with Crippen molar-refractivity contribution in [2.24, 2.45) is 29.4 Å². The number of Topliss-reactive ketones (excluding diaryl/α,β-unsaturated/α-hetero) is 3. The van der Waals surface area contributed by atoms with E-state index in [1.54, 1.807) is 137 Å². The zero-order valence-corrected chi connectivity index (χ0v) is 78.2. The number of hydrogen-bond acceptors (Lipinski definition) is 22. The summed E-state index contributed by atoms with van der Waals surface area (Å²) in [5.41, 5.74) is 9.17. The molecule has 1 aliphatic rings. The molecule has 0 bridgehead atoms. The van der Waals surface area contributed by atoms with Gasteiger partial charge >= 0.3 is 0 Å². The number of methoxy groups -OCH3 is 2. The summed E-state index contributed by atoms with van der Waals surface area (Å²) >= 11 is 0.856. The van der Waals surface area contributed by atoms with Crippen molar-refractivity contribution in [1.82, 2.24) is 61.4 Å². The van der Waals surface area contributed by atoms with Crippen LogP contribution in [0.25, 0.3) is 10.9 Å². The minimum Gasteiger partial charge on any atom is -0.508 e. The molecule has 11 atom stereocenters. The van der Waals surface area contributed by atoms with Gasteiger partial charge < -0.3 is 91.5 Å². The molecule has 1 saturated heterocycles. The third-order valence-electron chi connectivity index (χ3n) is 23.5. The van der Waals surface area contributed by atoms with E-state index >= 15 is 43.2 Å². The van der Waals surface area contributed by atoms with E-state index in [4.69, 9.17) is 19.9 Å². The zero-order valence-electron chi connectivity index (χ0n) is 77.4. The minimum absolute atomic E-state index is 0.0637. The number of benzene rings is 6. The zero-order chi connectivity index (χ0) is 97.3. The first-order chi connectivity index (χ1) is 63.4. The van der Waals surface area contributed by atoms with Crippen molar-refractivity contribution in [3.8, 4) is 23.0 Å². The summed E-state index contributed by atoms with van der Waals surface area (Å²) in [6.45, 7) is 6.81. The largest absolute Gasteiger partial charge is 0.508 e. The summed E-state index contributed by atoms with van der Waals surface area (Å²) in [4.78, 5) is 245. The van der Waals surface area contributed by atoms with Gasteiger partial charge in [0.2, 0.25) is 70.9 Å². The summed E-state index contributed by atoms with van der Waals surface area (Å²) in [6.07, 6.45) is -0.837. The molecule has 34 nitrogen and oxygen atoms in total. The molecule has 0 unspecified atom stereocenters. The number of primary amides is 1. The first-order valence-corrected chi connectivity index (χ1v) is 45.5. The SMILES string of the molecule is CCCC[C@H]1C(=O)N(C)CC(=O)C[C@@H](COC=O)C(=O)C[C@@H](C(C)C)C(=O)N(C)[C@@H](Cc2ccccc2)C(=O)N[C@@H](Cc2ccc(O)cc2)C(=O)N(C)CC(=O)N[C@@H](Cc2c[nH]c3ccccc23)C(=O)N[C@@H](Cc2ccc(O)cc2)C(=O)N[C@@H](CC(C)C)C(=O)N[C@H](C(=O)CCC(N)=O)CSCC(=O)N[C@@H](Cc2ccc(OC)c(OC)c2)C(=O)N(C)[C@@H](Cc2ccccc2)C(=O)N1C. The molecule has 0 radical (unpaired) electrons. The normalized spacial score (nSPS) is 21.7. The number of para-hydroxylation sites is 1. The number of unbranched alkanes of at least 4 members (excludes halogenated alkanes) is 1. The van der Waals surface area contributed by atoms with Crippen molar-refractivity contribution in [2.75, 3.05) is 80.7 Å². The topological polar surface area (TPSA) is 471 Å². The quantitative estimate of drug-likeness (QED) is 0.0286. The van der Waals surface area contributed by atoms with E-state index < -0.39 is 211 Å².